The van der Waals surface area contributed by atoms with Gasteiger partial charge in [-0.15, -0.1) is 0 Å². The molecule has 1 aliphatic heterocycles. The molecule has 1 atom stereocenters. The van der Waals surface area contributed by atoms with Crippen LogP contribution in [0.25, 0.3) is 0 Å². The van der Waals surface area contributed by atoms with E-state index in [-0.39, 0.29) is 0 Å². The van der Waals surface area contributed by atoms with E-state index in [1.54, 1.807) is 0 Å². The number of hydrogen-bond acceptors (Lipinski definition) is 3. The fourth-order valence-electron chi connectivity index (χ4n) is 2.87. The zero-order valence-electron chi connectivity index (χ0n) is 11.3. The smallest absolute Gasteiger partial charge is 0.0536 e. The summed E-state index contributed by atoms with van der Waals surface area (Å²) in [6, 6.07) is 0.742. The molecule has 2 fully saturated rings. The van der Waals surface area contributed by atoms with Gasteiger partial charge in [-0.05, 0) is 50.8 Å². The normalized spacial score (nSPS) is 26.2. The summed E-state index contributed by atoms with van der Waals surface area (Å²) in [7, 11) is 0. The number of aryl methyl sites for hydroxylation is 1. The Morgan fingerprint density at radius 1 is 1.39 bits per heavy atom. The molecule has 2 heterocycles. The summed E-state index contributed by atoms with van der Waals surface area (Å²) in [5.41, 5.74) is 1.25. The van der Waals surface area contributed by atoms with E-state index in [0.29, 0.717) is 0 Å². The third-order valence-corrected chi connectivity index (χ3v) is 4.11. The van der Waals surface area contributed by atoms with Crippen LogP contribution in [0.3, 0.4) is 0 Å². The van der Waals surface area contributed by atoms with E-state index in [1.807, 2.05) is 6.20 Å². The summed E-state index contributed by atoms with van der Waals surface area (Å²) in [6.07, 6.45) is 8.22. The van der Waals surface area contributed by atoms with Gasteiger partial charge < -0.3 is 5.32 Å². The second-order valence-electron chi connectivity index (χ2n) is 5.83. The molecule has 0 spiro atoms. The number of hydrogen-bond donors (Lipinski definition) is 1. The van der Waals surface area contributed by atoms with E-state index in [1.165, 1.54) is 44.5 Å². The molecule has 0 amide bonds. The van der Waals surface area contributed by atoms with E-state index in [4.69, 9.17) is 0 Å². The second-order valence-corrected chi connectivity index (χ2v) is 5.83. The first-order valence-electron chi connectivity index (χ1n) is 7.26. The maximum Gasteiger partial charge on any atom is 0.0536 e. The van der Waals surface area contributed by atoms with Crippen molar-refractivity contribution in [3.63, 3.8) is 0 Å². The lowest BCUT2D eigenvalue weighted by molar-refractivity contribution is 0.245. The van der Waals surface area contributed by atoms with Crippen molar-refractivity contribution in [3.8, 4) is 0 Å². The van der Waals surface area contributed by atoms with Gasteiger partial charge in [0.25, 0.3) is 0 Å². The van der Waals surface area contributed by atoms with E-state index in [2.05, 4.69) is 33.1 Å². The molecule has 1 unspecified atom stereocenters. The Labute approximate surface area is 109 Å². The van der Waals surface area contributed by atoms with E-state index in [9.17, 15) is 0 Å². The van der Waals surface area contributed by atoms with Crippen LogP contribution in [-0.2, 0) is 6.54 Å². The molecule has 1 saturated heterocycles. The van der Waals surface area contributed by atoms with Gasteiger partial charge in [-0.25, -0.2) is 0 Å². The molecule has 2 aliphatic rings. The summed E-state index contributed by atoms with van der Waals surface area (Å²) < 4.78 is 2.07. The van der Waals surface area contributed by atoms with Crippen LogP contribution >= 0.6 is 0 Å². The molecule has 4 nitrogen and oxygen atoms in total. The molecule has 1 N–H and O–H groups in total. The summed E-state index contributed by atoms with van der Waals surface area (Å²) in [5, 5.41) is 8.08. The van der Waals surface area contributed by atoms with E-state index < -0.39 is 0 Å². The molecule has 1 aromatic heterocycles. The number of nitrogens with zero attached hydrogens (tertiary/aromatic N) is 3. The first-order chi connectivity index (χ1) is 8.81. The van der Waals surface area contributed by atoms with Crippen LogP contribution in [0.2, 0.25) is 0 Å². The SMILES string of the molecule is Cc1cnn(CCN2CCCNC(C3CC3)C2)c1. The Hall–Kier alpha value is -0.870. The maximum absolute atomic E-state index is 4.36. The molecular formula is C14H24N4. The van der Waals surface area contributed by atoms with Gasteiger partial charge >= 0.3 is 0 Å². The van der Waals surface area contributed by atoms with Crippen molar-refractivity contribution in [2.45, 2.75) is 38.8 Å². The molecule has 3 rings (SSSR count). The molecule has 4 heteroatoms. The summed E-state index contributed by atoms with van der Waals surface area (Å²) in [4.78, 5) is 2.61. The lowest BCUT2D eigenvalue weighted by Gasteiger charge is -2.24. The number of rotatable bonds is 4. The van der Waals surface area contributed by atoms with Gasteiger partial charge in [0.1, 0.15) is 0 Å². The highest BCUT2D eigenvalue weighted by Crippen LogP contribution is 2.33. The highest BCUT2D eigenvalue weighted by Gasteiger charge is 2.32. The topological polar surface area (TPSA) is 33.1 Å². The summed E-state index contributed by atoms with van der Waals surface area (Å²) in [6.45, 7) is 7.90. The molecule has 0 bridgehead atoms. The number of aromatic nitrogens is 2. The van der Waals surface area contributed by atoms with Crippen LogP contribution in [0.1, 0.15) is 24.8 Å². The molecule has 0 radical (unpaired) electrons. The molecule has 1 saturated carbocycles. The minimum Gasteiger partial charge on any atom is -0.312 e. The van der Waals surface area contributed by atoms with Gasteiger partial charge in [-0.2, -0.15) is 5.10 Å². The Balaban J connectivity index is 1.51. The van der Waals surface area contributed by atoms with Crippen LogP contribution in [0.4, 0.5) is 0 Å². The average molecular weight is 248 g/mol. The Bertz CT molecular complexity index is 383. The quantitative estimate of drug-likeness (QED) is 0.871. The van der Waals surface area contributed by atoms with Gasteiger partial charge in [0.2, 0.25) is 0 Å². The van der Waals surface area contributed by atoms with Crippen molar-refractivity contribution in [2.24, 2.45) is 5.92 Å². The fraction of sp³-hybridized carbons (Fsp3) is 0.786. The zero-order valence-corrected chi connectivity index (χ0v) is 11.3. The molecule has 100 valence electrons. The van der Waals surface area contributed by atoms with Gasteiger partial charge in [0.05, 0.1) is 12.7 Å². The highest BCUT2D eigenvalue weighted by atomic mass is 15.3. The van der Waals surface area contributed by atoms with Crippen LogP contribution in [0, 0.1) is 12.8 Å². The van der Waals surface area contributed by atoms with Crippen molar-refractivity contribution < 1.29 is 0 Å². The molecule has 1 aromatic rings. The van der Waals surface area contributed by atoms with Crippen molar-refractivity contribution in [2.75, 3.05) is 26.2 Å². The van der Waals surface area contributed by atoms with Gasteiger partial charge in [0, 0.05) is 25.3 Å². The van der Waals surface area contributed by atoms with Crippen molar-refractivity contribution in [1.29, 1.82) is 0 Å². The summed E-state index contributed by atoms with van der Waals surface area (Å²) in [5.74, 6) is 0.956. The van der Waals surface area contributed by atoms with Gasteiger partial charge in [-0.1, -0.05) is 0 Å². The predicted octanol–water partition coefficient (Wildman–Crippen LogP) is 1.27. The third-order valence-electron chi connectivity index (χ3n) is 4.11. The van der Waals surface area contributed by atoms with Crippen molar-refractivity contribution in [3.05, 3.63) is 18.0 Å². The fourth-order valence-corrected chi connectivity index (χ4v) is 2.87. The molecule has 18 heavy (non-hydrogen) atoms. The summed E-state index contributed by atoms with van der Waals surface area (Å²) >= 11 is 0. The second kappa shape index (κ2) is 5.41. The molecule has 1 aliphatic carbocycles. The number of nitrogens with one attached hydrogen (secondary N) is 1. The van der Waals surface area contributed by atoms with Crippen LogP contribution in [-0.4, -0.2) is 46.9 Å². The first kappa shape index (κ1) is 12.2. The minimum atomic E-state index is 0.742. The van der Waals surface area contributed by atoms with E-state index >= 15 is 0 Å². The minimum absolute atomic E-state index is 0.742. The Morgan fingerprint density at radius 2 is 2.28 bits per heavy atom. The third kappa shape index (κ3) is 3.12. The van der Waals surface area contributed by atoms with Crippen LogP contribution < -0.4 is 5.32 Å². The standard InChI is InChI=1S/C14H24N4/c1-12-9-16-18(10-12)8-7-17-6-2-5-15-14(11-17)13-3-4-13/h9-10,13-15H,2-8,11H2,1H3. The van der Waals surface area contributed by atoms with Crippen molar-refractivity contribution >= 4 is 0 Å². The lowest BCUT2D eigenvalue weighted by Crippen LogP contribution is -2.40. The monoisotopic (exact) mass is 248 g/mol. The zero-order chi connectivity index (χ0) is 12.4. The largest absolute Gasteiger partial charge is 0.312 e. The van der Waals surface area contributed by atoms with Gasteiger partial charge in [0.15, 0.2) is 0 Å². The maximum atomic E-state index is 4.36. The van der Waals surface area contributed by atoms with Crippen molar-refractivity contribution in [1.82, 2.24) is 20.0 Å². The average Bonchev–Trinajstić information content (AvgIpc) is 3.14. The van der Waals surface area contributed by atoms with E-state index in [0.717, 1.165) is 25.0 Å². The molecule has 0 aromatic carbocycles. The Morgan fingerprint density at radius 3 is 3.00 bits per heavy atom. The lowest BCUT2D eigenvalue weighted by atomic mass is 10.2. The van der Waals surface area contributed by atoms with Gasteiger partial charge in [-0.3, -0.25) is 9.58 Å². The van der Waals surface area contributed by atoms with Crippen LogP contribution in [0.15, 0.2) is 12.4 Å². The molecular weight excluding hydrogens is 224 g/mol. The highest BCUT2D eigenvalue weighted by molar-refractivity contribution is 4.99. The van der Waals surface area contributed by atoms with Crippen LogP contribution in [0.5, 0.6) is 0 Å². The predicted molar refractivity (Wildman–Crippen MR) is 72.5 cm³/mol. The first-order valence-corrected chi connectivity index (χ1v) is 7.26. The Kier molecular flexibility index (Phi) is 3.66.